The largest absolute Gasteiger partial charge is 0.338 e. The Morgan fingerprint density at radius 3 is 3.14 bits per heavy atom. The van der Waals surface area contributed by atoms with Gasteiger partial charge < -0.3 is 10.2 Å². The van der Waals surface area contributed by atoms with Gasteiger partial charge in [-0.25, -0.2) is 0 Å². The van der Waals surface area contributed by atoms with E-state index in [0.717, 1.165) is 44.6 Å². The Bertz CT molecular complexity index is 538. The maximum Gasteiger partial charge on any atom is 0.223 e. The Kier molecular flexibility index (Phi) is 3.45. The van der Waals surface area contributed by atoms with Crippen LogP contribution in [0.25, 0.3) is 0 Å². The minimum atomic E-state index is 0.318. The topological polar surface area (TPSA) is 61.0 Å². The molecule has 2 N–H and O–H groups in total. The van der Waals surface area contributed by atoms with Crippen LogP contribution in [0.3, 0.4) is 0 Å². The van der Waals surface area contributed by atoms with Gasteiger partial charge in [-0.05, 0) is 43.6 Å². The van der Waals surface area contributed by atoms with Gasteiger partial charge in [0, 0.05) is 44.2 Å². The molecule has 0 bridgehead atoms. The van der Waals surface area contributed by atoms with Crippen LogP contribution in [-0.2, 0) is 24.1 Å². The Labute approximate surface area is 125 Å². The maximum atomic E-state index is 12.5. The fourth-order valence-electron chi connectivity index (χ4n) is 4.28. The summed E-state index contributed by atoms with van der Waals surface area (Å²) in [6.07, 6.45) is 7.35. The van der Waals surface area contributed by atoms with Crippen LogP contribution >= 0.6 is 0 Å². The number of rotatable bonds is 3. The van der Waals surface area contributed by atoms with E-state index in [9.17, 15) is 4.79 Å². The highest BCUT2D eigenvalue weighted by Crippen LogP contribution is 2.28. The predicted molar refractivity (Wildman–Crippen MR) is 80.0 cm³/mol. The molecule has 0 radical (unpaired) electrons. The molecule has 21 heavy (non-hydrogen) atoms. The van der Waals surface area contributed by atoms with Gasteiger partial charge >= 0.3 is 0 Å². The second-order valence-electron chi connectivity index (χ2n) is 6.70. The van der Waals surface area contributed by atoms with Crippen molar-refractivity contribution in [1.82, 2.24) is 20.4 Å². The van der Waals surface area contributed by atoms with E-state index in [0.29, 0.717) is 24.3 Å². The second kappa shape index (κ2) is 5.44. The van der Waals surface area contributed by atoms with Gasteiger partial charge in [0.1, 0.15) is 0 Å². The third-order valence-corrected chi connectivity index (χ3v) is 5.48. The Morgan fingerprint density at radius 1 is 1.29 bits per heavy atom. The molecule has 1 amide bonds. The van der Waals surface area contributed by atoms with Crippen LogP contribution in [0.4, 0.5) is 0 Å². The number of carbonyl (C=O) groups is 1. The standard InChI is InChI=1S/C16H24N4O/c21-16(20-8-7-11-9-17-10-15(11)20)6-5-14-12-3-1-2-4-13(12)18-19-14/h11,15,17H,1-10H2,(H,18,19)/t11-,15+/m0/s1. The molecule has 1 aromatic heterocycles. The average Bonchev–Trinajstić information content (AvgIpc) is 3.19. The van der Waals surface area contributed by atoms with E-state index in [1.165, 1.54) is 30.5 Å². The molecule has 4 rings (SSSR count). The molecule has 0 unspecified atom stereocenters. The summed E-state index contributed by atoms with van der Waals surface area (Å²) in [6, 6.07) is 0.450. The quantitative estimate of drug-likeness (QED) is 0.874. The number of nitrogens with zero attached hydrogens (tertiary/aromatic N) is 2. The first-order chi connectivity index (χ1) is 10.3. The number of nitrogens with one attached hydrogen (secondary N) is 2. The molecule has 114 valence electrons. The van der Waals surface area contributed by atoms with Crippen LogP contribution < -0.4 is 5.32 Å². The lowest BCUT2D eigenvalue weighted by molar-refractivity contribution is -0.131. The lowest BCUT2D eigenvalue weighted by Crippen LogP contribution is -2.39. The summed E-state index contributed by atoms with van der Waals surface area (Å²) in [5.41, 5.74) is 3.85. The minimum absolute atomic E-state index is 0.318. The maximum absolute atomic E-state index is 12.5. The number of carbonyl (C=O) groups excluding carboxylic acids is 1. The molecule has 5 nitrogen and oxygen atoms in total. The van der Waals surface area contributed by atoms with Gasteiger partial charge in [0.05, 0.1) is 5.69 Å². The molecule has 0 aromatic carbocycles. The van der Waals surface area contributed by atoms with Crippen LogP contribution in [-0.4, -0.2) is 46.7 Å². The van der Waals surface area contributed by atoms with Gasteiger partial charge in [0.25, 0.3) is 0 Å². The van der Waals surface area contributed by atoms with Crippen LogP contribution in [0.2, 0.25) is 0 Å². The van der Waals surface area contributed by atoms with E-state index in [-0.39, 0.29) is 0 Å². The number of H-pyrrole nitrogens is 1. The van der Waals surface area contributed by atoms with Gasteiger partial charge in [-0.3, -0.25) is 9.89 Å². The lowest BCUT2D eigenvalue weighted by atomic mass is 9.94. The number of fused-ring (bicyclic) bond motifs is 2. The van der Waals surface area contributed by atoms with Crippen molar-refractivity contribution >= 4 is 5.91 Å². The van der Waals surface area contributed by atoms with Crippen molar-refractivity contribution < 1.29 is 4.79 Å². The molecule has 5 heteroatoms. The zero-order valence-corrected chi connectivity index (χ0v) is 12.5. The number of hydrogen-bond donors (Lipinski definition) is 2. The van der Waals surface area contributed by atoms with Gasteiger partial charge in [-0.15, -0.1) is 0 Å². The van der Waals surface area contributed by atoms with Crippen molar-refractivity contribution in [1.29, 1.82) is 0 Å². The lowest BCUT2D eigenvalue weighted by Gasteiger charge is -2.23. The molecule has 2 saturated heterocycles. The summed E-state index contributed by atoms with van der Waals surface area (Å²) >= 11 is 0. The van der Waals surface area contributed by atoms with Crippen LogP contribution in [0.1, 0.15) is 42.6 Å². The first-order valence-electron chi connectivity index (χ1n) is 8.38. The zero-order valence-electron chi connectivity index (χ0n) is 12.5. The summed E-state index contributed by atoms with van der Waals surface area (Å²) in [4.78, 5) is 14.6. The van der Waals surface area contributed by atoms with Gasteiger partial charge in [0.2, 0.25) is 5.91 Å². The van der Waals surface area contributed by atoms with Crippen molar-refractivity contribution in [3.05, 3.63) is 17.0 Å². The van der Waals surface area contributed by atoms with Crippen LogP contribution in [0, 0.1) is 5.92 Å². The highest BCUT2D eigenvalue weighted by molar-refractivity contribution is 5.77. The average molecular weight is 288 g/mol. The van der Waals surface area contributed by atoms with Crippen molar-refractivity contribution in [3.8, 4) is 0 Å². The van der Waals surface area contributed by atoms with E-state index in [1.807, 2.05) is 0 Å². The van der Waals surface area contributed by atoms with Crippen molar-refractivity contribution in [2.45, 2.75) is 51.0 Å². The SMILES string of the molecule is O=C(CCc1n[nH]c2c1CCCC2)N1CC[C@H]2CNC[C@H]21. The molecule has 0 saturated carbocycles. The van der Waals surface area contributed by atoms with Gasteiger partial charge in [0.15, 0.2) is 0 Å². The summed E-state index contributed by atoms with van der Waals surface area (Å²) in [5.74, 6) is 1.01. The fourth-order valence-corrected chi connectivity index (χ4v) is 4.28. The Hall–Kier alpha value is -1.36. The first-order valence-corrected chi connectivity index (χ1v) is 8.38. The van der Waals surface area contributed by atoms with Crippen LogP contribution in [0.15, 0.2) is 0 Å². The number of aromatic nitrogens is 2. The van der Waals surface area contributed by atoms with Crippen molar-refractivity contribution in [2.75, 3.05) is 19.6 Å². The molecular formula is C16H24N4O. The van der Waals surface area contributed by atoms with E-state index in [2.05, 4.69) is 20.4 Å². The molecular weight excluding hydrogens is 264 g/mol. The second-order valence-corrected chi connectivity index (χ2v) is 6.70. The normalized spacial score (nSPS) is 27.7. The molecule has 1 aliphatic carbocycles. The first kappa shape index (κ1) is 13.3. The number of aromatic amines is 1. The zero-order chi connectivity index (χ0) is 14.2. The number of amides is 1. The molecule has 3 heterocycles. The van der Waals surface area contributed by atoms with E-state index < -0.39 is 0 Å². The van der Waals surface area contributed by atoms with Crippen LogP contribution in [0.5, 0.6) is 0 Å². The molecule has 2 fully saturated rings. The van der Waals surface area contributed by atoms with E-state index >= 15 is 0 Å². The molecule has 0 spiro atoms. The number of likely N-dealkylation sites (tertiary alicyclic amines) is 1. The molecule has 2 aliphatic heterocycles. The predicted octanol–water partition coefficient (Wildman–Crippen LogP) is 1.04. The summed E-state index contributed by atoms with van der Waals surface area (Å²) in [7, 11) is 0. The Morgan fingerprint density at radius 2 is 2.19 bits per heavy atom. The summed E-state index contributed by atoms with van der Waals surface area (Å²) < 4.78 is 0. The monoisotopic (exact) mass is 288 g/mol. The van der Waals surface area contributed by atoms with Gasteiger partial charge in [-0.2, -0.15) is 5.10 Å². The smallest absolute Gasteiger partial charge is 0.223 e. The third kappa shape index (κ3) is 2.37. The fraction of sp³-hybridized carbons (Fsp3) is 0.750. The summed E-state index contributed by atoms with van der Waals surface area (Å²) in [5, 5.41) is 11.0. The highest BCUT2D eigenvalue weighted by atomic mass is 16.2. The van der Waals surface area contributed by atoms with Crippen molar-refractivity contribution in [2.24, 2.45) is 5.92 Å². The van der Waals surface area contributed by atoms with E-state index in [1.54, 1.807) is 0 Å². The van der Waals surface area contributed by atoms with Gasteiger partial charge in [-0.1, -0.05) is 0 Å². The highest BCUT2D eigenvalue weighted by Gasteiger charge is 2.39. The van der Waals surface area contributed by atoms with Crippen molar-refractivity contribution in [3.63, 3.8) is 0 Å². The minimum Gasteiger partial charge on any atom is -0.338 e. The Balaban J connectivity index is 1.38. The number of hydrogen-bond acceptors (Lipinski definition) is 3. The molecule has 2 atom stereocenters. The summed E-state index contributed by atoms with van der Waals surface area (Å²) in [6.45, 7) is 3.02. The molecule has 3 aliphatic rings. The van der Waals surface area contributed by atoms with E-state index in [4.69, 9.17) is 0 Å². The number of aryl methyl sites for hydroxylation is 2. The third-order valence-electron chi connectivity index (χ3n) is 5.48. The molecule has 1 aromatic rings.